The number of hydrogen-bond acceptors (Lipinski definition) is 7. The number of aromatic nitrogens is 3. The largest absolute Gasteiger partial charge is 0.495 e. The van der Waals surface area contributed by atoms with Crippen molar-refractivity contribution >= 4 is 34.2 Å². The number of ether oxygens (including phenoxy) is 1. The molecule has 1 aliphatic carbocycles. The molecule has 0 saturated heterocycles. The average Bonchev–Trinajstić information content (AvgIpc) is 3.44. The number of methoxy groups -OCH3 is 1. The summed E-state index contributed by atoms with van der Waals surface area (Å²) in [5.41, 5.74) is 7.14. The van der Waals surface area contributed by atoms with Crippen molar-refractivity contribution in [1.82, 2.24) is 25.4 Å². The molecule has 31 heavy (non-hydrogen) atoms. The maximum atomic E-state index is 5.67. The lowest BCUT2D eigenvalue weighted by Gasteiger charge is -2.24. The van der Waals surface area contributed by atoms with Crippen LogP contribution in [-0.2, 0) is 0 Å². The molecule has 8 heteroatoms. The van der Waals surface area contributed by atoms with E-state index in [-0.39, 0.29) is 0 Å². The van der Waals surface area contributed by atoms with Crippen molar-refractivity contribution in [2.75, 3.05) is 31.3 Å². The Bertz CT molecular complexity index is 1100. The van der Waals surface area contributed by atoms with Gasteiger partial charge in [0.15, 0.2) is 0 Å². The predicted molar refractivity (Wildman–Crippen MR) is 124 cm³/mol. The Kier molecular flexibility index (Phi) is 5.38. The lowest BCUT2D eigenvalue weighted by molar-refractivity contribution is 0.391. The quantitative estimate of drug-likeness (QED) is 0.475. The zero-order chi connectivity index (χ0) is 21.2. The van der Waals surface area contributed by atoms with Crippen LogP contribution in [0.25, 0.3) is 16.7 Å². The van der Waals surface area contributed by atoms with Gasteiger partial charge in [-0.1, -0.05) is 25.3 Å². The second-order valence-electron chi connectivity index (χ2n) is 8.17. The van der Waals surface area contributed by atoms with Crippen LogP contribution in [0.4, 0.5) is 17.5 Å². The molecule has 162 valence electrons. The van der Waals surface area contributed by atoms with Crippen molar-refractivity contribution in [2.24, 2.45) is 0 Å². The zero-order valence-corrected chi connectivity index (χ0v) is 18.0. The van der Waals surface area contributed by atoms with E-state index in [4.69, 9.17) is 9.72 Å². The SMILES string of the molecule is COc1cc(C2=CCNN2C)ccc1Nc1nc(NC2CCCCC2)c2cc[nH]c2n1. The van der Waals surface area contributed by atoms with E-state index >= 15 is 0 Å². The topological polar surface area (TPSA) is 90.1 Å². The normalized spacial score (nSPS) is 17.1. The van der Waals surface area contributed by atoms with Crippen molar-refractivity contribution in [3.63, 3.8) is 0 Å². The maximum Gasteiger partial charge on any atom is 0.231 e. The number of nitrogens with zero attached hydrogens (tertiary/aromatic N) is 3. The lowest BCUT2D eigenvalue weighted by Crippen LogP contribution is -2.26. The molecule has 0 amide bonds. The highest BCUT2D eigenvalue weighted by molar-refractivity contribution is 5.88. The standard InChI is InChI=1S/C23H29N7O/c1-30-19(11-13-25-30)15-8-9-18(20(14-15)31-2)27-23-28-21-17(10-12-24-21)22(29-23)26-16-6-4-3-5-7-16/h8-12,14,16,25H,3-7,13H2,1-2H3,(H3,24,26,27,28,29). The first-order valence-electron chi connectivity index (χ1n) is 11.0. The Balaban J connectivity index is 1.43. The molecule has 1 fully saturated rings. The molecule has 2 aromatic heterocycles. The zero-order valence-electron chi connectivity index (χ0n) is 18.0. The third kappa shape index (κ3) is 4.03. The van der Waals surface area contributed by atoms with E-state index in [2.05, 4.69) is 38.2 Å². The second-order valence-corrected chi connectivity index (χ2v) is 8.17. The van der Waals surface area contributed by atoms with Crippen molar-refractivity contribution in [3.8, 4) is 5.75 Å². The van der Waals surface area contributed by atoms with Gasteiger partial charge in [-0.05, 0) is 37.1 Å². The van der Waals surface area contributed by atoms with E-state index in [9.17, 15) is 0 Å². The average molecular weight is 420 g/mol. The number of aromatic amines is 1. The number of anilines is 3. The molecule has 2 aliphatic rings. The number of benzene rings is 1. The summed E-state index contributed by atoms with van der Waals surface area (Å²) in [6.45, 7) is 0.828. The lowest BCUT2D eigenvalue weighted by atomic mass is 9.95. The predicted octanol–water partition coefficient (Wildman–Crippen LogP) is 4.25. The first-order valence-corrected chi connectivity index (χ1v) is 11.0. The molecule has 1 aliphatic heterocycles. The summed E-state index contributed by atoms with van der Waals surface area (Å²) in [6, 6.07) is 8.62. The van der Waals surface area contributed by atoms with Crippen molar-refractivity contribution < 1.29 is 4.74 Å². The van der Waals surface area contributed by atoms with E-state index < -0.39 is 0 Å². The molecule has 0 atom stereocenters. The molecule has 3 heterocycles. The molecular weight excluding hydrogens is 390 g/mol. The Morgan fingerprint density at radius 3 is 2.77 bits per heavy atom. The van der Waals surface area contributed by atoms with Crippen LogP contribution in [0.3, 0.4) is 0 Å². The Labute approximate surface area is 182 Å². The summed E-state index contributed by atoms with van der Waals surface area (Å²) >= 11 is 0. The molecule has 4 N–H and O–H groups in total. The molecule has 3 aromatic rings. The minimum absolute atomic E-state index is 0.466. The van der Waals surface area contributed by atoms with E-state index in [0.29, 0.717) is 12.0 Å². The maximum absolute atomic E-state index is 5.67. The first kappa shape index (κ1) is 19.7. The minimum Gasteiger partial charge on any atom is -0.495 e. The van der Waals surface area contributed by atoms with E-state index in [1.165, 1.54) is 32.1 Å². The number of hydrogen-bond donors (Lipinski definition) is 4. The van der Waals surface area contributed by atoms with Gasteiger partial charge in [-0.2, -0.15) is 9.97 Å². The number of rotatable bonds is 6. The number of fused-ring (bicyclic) bond motifs is 1. The van der Waals surface area contributed by atoms with Crippen LogP contribution in [0.5, 0.6) is 5.75 Å². The van der Waals surface area contributed by atoms with Crippen molar-refractivity contribution in [3.05, 3.63) is 42.1 Å². The van der Waals surface area contributed by atoms with Gasteiger partial charge < -0.3 is 25.4 Å². The van der Waals surface area contributed by atoms with Crippen molar-refractivity contribution in [2.45, 2.75) is 38.1 Å². The van der Waals surface area contributed by atoms with Gasteiger partial charge in [0.05, 0.1) is 23.9 Å². The van der Waals surface area contributed by atoms with Crippen LogP contribution in [0.1, 0.15) is 37.7 Å². The van der Waals surface area contributed by atoms with Crippen LogP contribution in [0, 0.1) is 0 Å². The minimum atomic E-state index is 0.466. The molecule has 0 radical (unpaired) electrons. The Hall–Kier alpha value is -3.26. The van der Waals surface area contributed by atoms with E-state index in [0.717, 1.165) is 46.1 Å². The third-order valence-electron chi connectivity index (χ3n) is 6.09. The molecule has 5 rings (SSSR count). The highest BCUT2D eigenvalue weighted by Gasteiger charge is 2.18. The van der Waals surface area contributed by atoms with Gasteiger partial charge in [-0.25, -0.2) is 5.43 Å². The van der Waals surface area contributed by atoms with Gasteiger partial charge >= 0.3 is 0 Å². The molecule has 0 spiro atoms. The molecule has 0 bridgehead atoms. The fourth-order valence-electron chi connectivity index (χ4n) is 4.43. The monoisotopic (exact) mass is 419 g/mol. The number of H-pyrrole nitrogens is 1. The second kappa shape index (κ2) is 8.47. The molecular formula is C23H29N7O. The Morgan fingerprint density at radius 1 is 1.13 bits per heavy atom. The summed E-state index contributed by atoms with van der Waals surface area (Å²) in [6.07, 6.45) is 10.3. The van der Waals surface area contributed by atoms with Gasteiger partial charge in [-0.15, -0.1) is 0 Å². The van der Waals surface area contributed by atoms with Gasteiger partial charge in [-0.3, -0.25) is 0 Å². The van der Waals surface area contributed by atoms with Crippen molar-refractivity contribution in [1.29, 1.82) is 0 Å². The summed E-state index contributed by atoms with van der Waals surface area (Å²) in [7, 11) is 3.69. The van der Waals surface area contributed by atoms with Crippen LogP contribution < -0.4 is 20.8 Å². The molecule has 1 aromatic carbocycles. The fraction of sp³-hybridized carbons (Fsp3) is 0.391. The summed E-state index contributed by atoms with van der Waals surface area (Å²) in [5.74, 6) is 2.16. The van der Waals surface area contributed by atoms with Crippen LogP contribution in [-0.4, -0.2) is 46.7 Å². The molecule has 1 saturated carbocycles. The molecule has 8 nitrogen and oxygen atoms in total. The summed E-state index contributed by atoms with van der Waals surface area (Å²) in [4.78, 5) is 12.7. The molecule has 0 unspecified atom stereocenters. The van der Waals surface area contributed by atoms with E-state index in [1.807, 2.05) is 36.5 Å². The van der Waals surface area contributed by atoms with Gasteiger partial charge in [0, 0.05) is 31.4 Å². The van der Waals surface area contributed by atoms with Gasteiger partial charge in [0.2, 0.25) is 5.95 Å². The van der Waals surface area contributed by atoms with Gasteiger partial charge in [0.1, 0.15) is 17.2 Å². The van der Waals surface area contributed by atoms with Crippen LogP contribution in [0.15, 0.2) is 36.5 Å². The van der Waals surface area contributed by atoms with Crippen LogP contribution >= 0.6 is 0 Å². The van der Waals surface area contributed by atoms with E-state index in [1.54, 1.807) is 7.11 Å². The highest BCUT2D eigenvalue weighted by Crippen LogP contribution is 2.33. The summed E-state index contributed by atoms with van der Waals surface area (Å²) in [5, 5.41) is 10.0. The van der Waals surface area contributed by atoms with Crippen LogP contribution in [0.2, 0.25) is 0 Å². The summed E-state index contributed by atoms with van der Waals surface area (Å²) < 4.78 is 5.67. The fourth-order valence-corrected chi connectivity index (χ4v) is 4.43. The van der Waals surface area contributed by atoms with Gasteiger partial charge in [0.25, 0.3) is 0 Å². The smallest absolute Gasteiger partial charge is 0.231 e. The number of hydrazine groups is 1. The Morgan fingerprint density at radius 2 is 2.00 bits per heavy atom. The first-order chi connectivity index (χ1) is 15.2. The highest BCUT2D eigenvalue weighted by atomic mass is 16.5. The third-order valence-corrected chi connectivity index (χ3v) is 6.09. The number of nitrogens with one attached hydrogen (secondary N) is 4.